The van der Waals surface area contributed by atoms with Crippen molar-refractivity contribution in [3.63, 3.8) is 0 Å². The Labute approximate surface area is 175 Å². The van der Waals surface area contributed by atoms with Crippen LogP contribution in [0.4, 0.5) is 0 Å². The van der Waals surface area contributed by atoms with E-state index in [0.717, 1.165) is 0 Å². The number of ketones is 3. The van der Waals surface area contributed by atoms with Crippen LogP contribution in [0.3, 0.4) is 0 Å². The molecule has 0 radical (unpaired) electrons. The lowest BCUT2D eigenvalue weighted by atomic mass is 9.45. The molecule has 3 fully saturated rings. The second kappa shape index (κ2) is 6.82. The zero-order chi connectivity index (χ0) is 22.1. The highest BCUT2D eigenvalue weighted by Crippen LogP contribution is 2.66. The number of rotatable bonds is 3. The Morgan fingerprint density at radius 3 is 2.60 bits per heavy atom. The number of aliphatic hydroxyl groups is 2. The van der Waals surface area contributed by atoms with Crippen LogP contribution in [0.1, 0.15) is 59.3 Å². The molecule has 4 aliphatic carbocycles. The minimum atomic E-state index is -1.74. The molecule has 0 saturated heterocycles. The number of Topliss-reactive ketones (excluding diaryl/α,β-unsaturated/α-hetero) is 2. The molecular weight excluding hydrogens is 388 g/mol. The van der Waals surface area contributed by atoms with Crippen molar-refractivity contribution in [1.29, 1.82) is 0 Å². The largest absolute Gasteiger partial charge is 0.458 e. The molecule has 0 bridgehead atoms. The second-order valence-electron chi connectivity index (χ2n) is 10.1. The van der Waals surface area contributed by atoms with Crippen molar-refractivity contribution in [2.24, 2.45) is 28.6 Å². The first-order chi connectivity index (χ1) is 13.9. The minimum absolute atomic E-state index is 0.0145. The zero-order valence-electron chi connectivity index (χ0n) is 17.8. The van der Waals surface area contributed by atoms with E-state index >= 15 is 0 Å². The third-order valence-electron chi connectivity index (χ3n) is 8.69. The van der Waals surface area contributed by atoms with Gasteiger partial charge in [0.25, 0.3) is 0 Å². The first kappa shape index (κ1) is 21.4. The predicted molar refractivity (Wildman–Crippen MR) is 105 cm³/mol. The van der Waals surface area contributed by atoms with Gasteiger partial charge in [-0.2, -0.15) is 0 Å². The average Bonchev–Trinajstić information content (AvgIpc) is 2.93. The standard InChI is InChI=1S/C23H30O7/c1-12(24)30-11-19(28)23(29)7-5-15-14-9-17(26)16-8-13(25)4-6-21(16,2)20(14)18(27)10-22(15,23)3/h8,14-15,17,20,26,29H,4-7,9-11H2,1-3H3. The third kappa shape index (κ3) is 2.78. The molecule has 0 spiro atoms. The molecule has 0 aromatic heterocycles. The van der Waals surface area contributed by atoms with E-state index in [-0.39, 0.29) is 42.2 Å². The van der Waals surface area contributed by atoms with E-state index in [1.807, 2.05) is 6.92 Å². The SMILES string of the molecule is CC(=O)OCC(=O)C1(O)CCC2C3CC(O)C4=CC(=O)CCC4(C)C3C(=O)CC21C. The maximum absolute atomic E-state index is 13.5. The fourth-order valence-corrected chi connectivity index (χ4v) is 7.19. The molecule has 30 heavy (non-hydrogen) atoms. The summed E-state index contributed by atoms with van der Waals surface area (Å²) in [5, 5.41) is 22.3. The summed E-state index contributed by atoms with van der Waals surface area (Å²) in [6.45, 7) is 4.45. The molecule has 4 aliphatic rings. The van der Waals surface area contributed by atoms with E-state index in [1.165, 1.54) is 13.0 Å². The van der Waals surface area contributed by atoms with Crippen molar-refractivity contribution in [3.8, 4) is 0 Å². The van der Waals surface area contributed by atoms with Gasteiger partial charge in [-0.1, -0.05) is 13.8 Å². The molecule has 0 aromatic rings. The second-order valence-corrected chi connectivity index (χ2v) is 10.1. The summed E-state index contributed by atoms with van der Waals surface area (Å²) in [4.78, 5) is 49.5. The molecule has 0 aromatic carbocycles. The van der Waals surface area contributed by atoms with Crippen molar-refractivity contribution in [2.45, 2.75) is 71.0 Å². The number of esters is 1. The highest BCUT2D eigenvalue weighted by molar-refractivity contribution is 5.95. The van der Waals surface area contributed by atoms with Crippen molar-refractivity contribution in [2.75, 3.05) is 6.61 Å². The lowest BCUT2D eigenvalue weighted by molar-refractivity contribution is -0.175. The van der Waals surface area contributed by atoms with Gasteiger partial charge in [0.2, 0.25) is 5.78 Å². The molecule has 7 heteroatoms. The molecule has 7 atom stereocenters. The number of ether oxygens (including phenoxy) is 1. The Balaban J connectivity index is 1.70. The van der Waals surface area contributed by atoms with Crippen molar-refractivity contribution >= 4 is 23.3 Å². The van der Waals surface area contributed by atoms with E-state index in [2.05, 4.69) is 0 Å². The summed E-state index contributed by atoms with van der Waals surface area (Å²) in [5.74, 6) is -1.81. The molecule has 7 unspecified atom stereocenters. The van der Waals surface area contributed by atoms with Crippen LogP contribution in [-0.2, 0) is 23.9 Å². The summed E-state index contributed by atoms with van der Waals surface area (Å²) >= 11 is 0. The third-order valence-corrected chi connectivity index (χ3v) is 8.69. The van der Waals surface area contributed by atoms with Crippen LogP contribution in [0.25, 0.3) is 0 Å². The van der Waals surface area contributed by atoms with E-state index < -0.39 is 40.9 Å². The zero-order valence-corrected chi connectivity index (χ0v) is 17.8. The summed E-state index contributed by atoms with van der Waals surface area (Å²) in [7, 11) is 0. The monoisotopic (exact) mass is 418 g/mol. The van der Waals surface area contributed by atoms with Gasteiger partial charge in [0, 0.05) is 36.5 Å². The van der Waals surface area contributed by atoms with Gasteiger partial charge in [-0.25, -0.2) is 0 Å². The number of aliphatic hydroxyl groups excluding tert-OH is 1. The number of carbonyl (C=O) groups is 4. The first-order valence-corrected chi connectivity index (χ1v) is 10.8. The molecule has 4 rings (SSSR count). The van der Waals surface area contributed by atoms with Crippen LogP contribution < -0.4 is 0 Å². The van der Waals surface area contributed by atoms with Crippen LogP contribution >= 0.6 is 0 Å². The molecule has 7 nitrogen and oxygen atoms in total. The summed E-state index contributed by atoms with van der Waals surface area (Å²) in [6.07, 6.45) is 2.79. The highest BCUT2D eigenvalue weighted by atomic mass is 16.5. The number of carbonyl (C=O) groups excluding carboxylic acids is 4. The average molecular weight is 418 g/mol. The molecule has 0 amide bonds. The summed E-state index contributed by atoms with van der Waals surface area (Å²) in [6, 6.07) is 0. The van der Waals surface area contributed by atoms with Gasteiger partial charge in [0.1, 0.15) is 11.4 Å². The van der Waals surface area contributed by atoms with Crippen molar-refractivity contribution < 1.29 is 34.1 Å². The number of fused-ring (bicyclic) bond motifs is 5. The molecular formula is C23H30O7. The summed E-state index contributed by atoms with van der Waals surface area (Å²) in [5.41, 5.74) is -2.62. The van der Waals surface area contributed by atoms with Gasteiger partial charge in [-0.3, -0.25) is 19.2 Å². The highest BCUT2D eigenvalue weighted by Gasteiger charge is 2.69. The fourth-order valence-electron chi connectivity index (χ4n) is 7.19. The van der Waals surface area contributed by atoms with Gasteiger partial charge < -0.3 is 14.9 Å². The first-order valence-electron chi connectivity index (χ1n) is 10.8. The Kier molecular flexibility index (Phi) is 4.86. The number of hydrogen-bond acceptors (Lipinski definition) is 7. The Morgan fingerprint density at radius 2 is 1.93 bits per heavy atom. The van der Waals surface area contributed by atoms with Gasteiger partial charge in [-0.05, 0) is 49.2 Å². The van der Waals surface area contributed by atoms with Crippen LogP contribution in [0.5, 0.6) is 0 Å². The number of hydrogen-bond donors (Lipinski definition) is 2. The lowest BCUT2D eigenvalue weighted by Crippen LogP contribution is -2.62. The van der Waals surface area contributed by atoms with Crippen LogP contribution in [0, 0.1) is 28.6 Å². The molecule has 2 N–H and O–H groups in total. The molecule has 3 saturated carbocycles. The fraction of sp³-hybridized carbons (Fsp3) is 0.739. The van der Waals surface area contributed by atoms with Crippen LogP contribution in [-0.4, -0.2) is 51.8 Å². The maximum Gasteiger partial charge on any atom is 0.303 e. The van der Waals surface area contributed by atoms with E-state index in [9.17, 15) is 29.4 Å². The minimum Gasteiger partial charge on any atom is -0.458 e. The Hall–Kier alpha value is -1.86. The predicted octanol–water partition coefficient (Wildman–Crippen LogP) is 1.53. The van der Waals surface area contributed by atoms with Crippen molar-refractivity contribution in [3.05, 3.63) is 11.6 Å². The van der Waals surface area contributed by atoms with Gasteiger partial charge in [0.05, 0.1) is 6.10 Å². The van der Waals surface area contributed by atoms with E-state index in [4.69, 9.17) is 4.74 Å². The smallest absolute Gasteiger partial charge is 0.303 e. The van der Waals surface area contributed by atoms with E-state index in [1.54, 1.807) is 6.92 Å². The lowest BCUT2D eigenvalue weighted by Gasteiger charge is -2.58. The maximum atomic E-state index is 13.5. The Bertz CT molecular complexity index is 860. The van der Waals surface area contributed by atoms with Crippen LogP contribution in [0.15, 0.2) is 11.6 Å². The Morgan fingerprint density at radius 1 is 1.23 bits per heavy atom. The summed E-state index contributed by atoms with van der Waals surface area (Å²) < 4.78 is 4.84. The van der Waals surface area contributed by atoms with Crippen LogP contribution in [0.2, 0.25) is 0 Å². The molecule has 164 valence electrons. The molecule has 0 aliphatic heterocycles. The topological polar surface area (TPSA) is 118 Å². The quantitative estimate of drug-likeness (QED) is 0.667. The molecule has 0 heterocycles. The van der Waals surface area contributed by atoms with Gasteiger partial charge >= 0.3 is 5.97 Å². The van der Waals surface area contributed by atoms with Crippen molar-refractivity contribution in [1.82, 2.24) is 0 Å². The van der Waals surface area contributed by atoms with Gasteiger partial charge in [-0.15, -0.1) is 0 Å². The normalized spacial score (nSPS) is 45.2. The van der Waals surface area contributed by atoms with Gasteiger partial charge in [0.15, 0.2) is 12.4 Å². The van der Waals surface area contributed by atoms with E-state index in [0.29, 0.717) is 31.3 Å².